The zero-order valence-corrected chi connectivity index (χ0v) is 9.85. The molecule has 2 N–H and O–H groups in total. The third kappa shape index (κ3) is 2.00. The number of benzene rings is 1. The molecule has 2 aromatic rings. The van der Waals surface area contributed by atoms with Crippen molar-refractivity contribution in [2.75, 3.05) is 0 Å². The van der Waals surface area contributed by atoms with Gasteiger partial charge in [0.25, 0.3) is 0 Å². The molecule has 3 nitrogen and oxygen atoms in total. The van der Waals surface area contributed by atoms with E-state index in [1.54, 1.807) is 0 Å². The van der Waals surface area contributed by atoms with Gasteiger partial charge in [-0.3, -0.25) is 4.99 Å². The molecule has 0 unspecified atom stereocenters. The summed E-state index contributed by atoms with van der Waals surface area (Å²) >= 11 is 0. The number of aliphatic imine (C=N–C) groups is 1. The minimum atomic E-state index is 0.434. The standard InChI is InChI=1S/C14H15N3/c1-9-8-13(14(15)16-10-6-7-10)17-12-5-3-2-4-11(9)12/h2-5,8,10H,6-7H2,1H3,(H2,15,16). The lowest BCUT2D eigenvalue weighted by Crippen LogP contribution is -2.16. The average Bonchev–Trinajstić information content (AvgIpc) is 3.13. The van der Waals surface area contributed by atoms with Gasteiger partial charge in [-0.15, -0.1) is 0 Å². The van der Waals surface area contributed by atoms with Gasteiger partial charge in [0.15, 0.2) is 0 Å². The molecule has 1 aliphatic carbocycles. The molecule has 1 aliphatic rings. The molecule has 3 heteroatoms. The molecule has 1 aromatic carbocycles. The van der Waals surface area contributed by atoms with Gasteiger partial charge in [-0.1, -0.05) is 18.2 Å². The number of aromatic nitrogens is 1. The Bertz CT molecular complexity index is 597. The SMILES string of the molecule is Cc1cc(C(N)=NC2CC2)nc2ccccc12. The monoisotopic (exact) mass is 225 g/mol. The fourth-order valence-corrected chi connectivity index (χ4v) is 1.95. The summed E-state index contributed by atoms with van der Waals surface area (Å²) in [6.45, 7) is 2.08. The second-order valence-electron chi connectivity index (χ2n) is 4.59. The molecule has 1 fully saturated rings. The van der Waals surface area contributed by atoms with Gasteiger partial charge in [-0.2, -0.15) is 0 Å². The van der Waals surface area contributed by atoms with E-state index in [-0.39, 0.29) is 0 Å². The van der Waals surface area contributed by atoms with Crippen LogP contribution in [0, 0.1) is 6.92 Å². The Kier molecular flexibility index (Phi) is 2.32. The van der Waals surface area contributed by atoms with Crippen molar-refractivity contribution in [2.45, 2.75) is 25.8 Å². The van der Waals surface area contributed by atoms with Crippen molar-refractivity contribution in [1.29, 1.82) is 0 Å². The molecule has 0 saturated heterocycles. The fraction of sp³-hybridized carbons (Fsp3) is 0.286. The van der Waals surface area contributed by atoms with E-state index >= 15 is 0 Å². The molecule has 17 heavy (non-hydrogen) atoms. The van der Waals surface area contributed by atoms with Gasteiger partial charge in [0, 0.05) is 5.39 Å². The van der Waals surface area contributed by atoms with Gasteiger partial charge in [0.2, 0.25) is 0 Å². The van der Waals surface area contributed by atoms with E-state index in [1.807, 2.05) is 24.3 Å². The van der Waals surface area contributed by atoms with E-state index in [1.165, 1.54) is 10.9 Å². The summed E-state index contributed by atoms with van der Waals surface area (Å²) < 4.78 is 0. The Morgan fingerprint density at radius 2 is 2.12 bits per heavy atom. The number of para-hydroxylation sites is 1. The Morgan fingerprint density at radius 1 is 1.35 bits per heavy atom. The zero-order valence-electron chi connectivity index (χ0n) is 9.85. The second kappa shape index (κ2) is 3.84. The normalized spacial score (nSPS) is 16.4. The molecule has 86 valence electrons. The third-order valence-electron chi connectivity index (χ3n) is 3.05. The van der Waals surface area contributed by atoms with Gasteiger partial charge >= 0.3 is 0 Å². The predicted octanol–water partition coefficient (Wildman–Crippen LogP) is 2.41. The van der Waals surface area contributed by atoms with Crippen LogP contribution < -0.4 is 5.73 Å². The number of rotatable bonds is 2. The highest BCUT2D eigenvalue weighted by Gasteiger charge is 2.21. The summed E-state index contributed by atoms with van der Waals surface area (Å²) in [7, 11) is 0. The minimum absolute atomic E-state index is 0.434. The maximum absolute atomic E-state index is 5.98. The van der Waals surface area contributed by atoms with Crippen LogP contribution in [-0.4, -0.2) is 16.9 Å². The van der Waals surface area contributed by atoms with E-state index in [2.05, 4.69) is 23.0 Å². The number of amidine groups is 1. The van der Waals surface area contributed by atoms with Gasteiger partial charge in [0.1, 0.15) is 11.5 Å². The van der Waals surface area contributed by atoms with E-state index in [4.69, 9.17) is 5.73 Å². The highest BCUT2D eigenvalue weighted by molar-refractivity contribution is 5.98. The van der Waals surface area contributed by atoms with E-state index in [9.17, 15) is 0 Å². The number of hydrogen-bond acceptors (Lipinski definition) is 2. The van der Waals surface area contributed by atoms with Gasteiger partial charge in [-0.25, -0.2) is 4.98 Å². The van der Waals surface area contributed by atoms with Crippen LogP contribution in [-0.2, 0) is 0 Å². The number of aryl methyl sites for hydroxylation is 1. The Hall–Kier alpha value is -1.90. The molecule has 0 aliphatic heterocycles. The summed E-state index contributed by atoms with van der Waals surface area (Å²) in [6.07, 6.45) is 2.32. The number of fused-ring (bicyclic) bond motifs is 1. The number of pyridine rings is 1. The summed E-state index contributed by atoms with van der Waals surface area (Å²) in [6, 6.07) is 10.6. The largest absolute Gasteiger partial charge is 0.382 e. The maximum atomic E-state index is 5.98. The van der Waals surface area contributed by atoms with Gasteiger partial charge < -0.3 is 5.73 Å². The summed E-state index contributed by atoms with van der Waals surface area (Å²) in [5, 5.41) is 1.18. The molecular weight excluding hydrogens is 210 g/mol. The fourth-order valence-electron chi connectivity index (χ4n) is 1.95. The lowest BCUT2D eigenvalue weighted by Gasteiger charge is -2.05. The Morgan fingerprint density at radius 3 is 2.88 bits per heavy atom. The predicted molar refractivity (Wildman–Crippen MR) is 70.2 cm³/mol. The maximum Gasteiger partial charge on any atom is 0.144 e. The minimum Gasteiger partial charge on any atom is -0.382 e. The molecule has 1 heterocycles. The first-order valence-corrected chi connectivity index (χ1v) is 5.94. The molecule has 1 saturated carbocycles. The summed E-state index contributed by atoms with van der Waals surface area (Å²) in [5.74, 6) is 0.571. The quantitative estimate of drug-likeness (QED) is 0.630. The Labute approximate surface area is 100 Å². The van der Waals surface area contributed by atoms with Crippen molar-refractivity contribution in [3.63, 3.8) is 0 Å². The summed E-state index contributed by atoms with van der Waals surface area (Å²) in [5.41, 5.74) is 8.96. The molecule has 0 bridgehead atoms. The lowest BCUT2D eigenvalue weighted by atomic mass is 10.1. The first-order chi connectivity index (χ1) is 8.24. The lowest BCUT2D eigenvalue weighted by molar-refractivity contribution is 1.06. The van der Waals surface area contributed by atoms with Gasteiger partial charge in [-0.05, 0) is 37.5 Å². The van der Waals surface area contributed by atoms with Crippen LogP contribution in [0.15, 0.2) is 35.3 Å². The van der Waals surface area contributed by atoms with Crippen molar-refractivity contribution in [3.8, 4) is 0 Å². The molecule has 0 radical (unpaired) electrons. The van der Waals surface area contributed by atoms with Crippen LogP contribution in [0.5, 0.6) is 0 Å². The van der Waals surface area contributed by atoms with Crippen molar-refractivity contribution in [2.24, 2.45) is 10.7 Å². The van der Waals surface area contributed by atoms with Crippen LogP contribution in [0.3, 0.4) is 0 Å². The van der Waals surface area contributed by atoms with Crippen molar-refractivity contribution >= 4 is 16.7 Å². The summed E-state index contributed by atoms with van der Waals surface area (Å²) in [4.78, 5) is 9.00. The molecule has 0 amide bonds. The van der Waals surface area contributed by atoms with E-state index in [0.717, 1.165) is 24.1 Å². The zero-order chi connectivity index (χ0) is 11.8. The molecule has 0 spiro atoms. The van der Waals surface area contributed by atoms with Crippen molar-refractivity contribution in [3.05, 3.63) is 41.6 Å². The first-order valence-electron chi connectivity index (χ1n) is 5.94. The topological polar surface area (TPSA) is 51.3 Å². The van der Waals surface area contributed by atoms with Crippen molar-refractivity contribution in [1.82, 2.24) is 4.98 Å². The third-order valence-corrected chi connectivity index (χ3v) is 3.05. The van der Waals surface area contributed by atoms with Crippen LogP contribution in [0.4, 0.5) is 0 Å². The van der Waals surface area contributed by atoms with Gasteiger partial charge in [0.05, 0.1) is 11.6 Å². The van der Waals surface area contributed by atoms with E-state index in [0.29, 0.717) is 11.9 Å². The van der Waals surface area contributed by atoms with Crippen LogP contribution in [0.2, 0.25) is 0 Å². The van der Waals surface area contributed by atoms with Crippen LogP contribution in [0.1, 0.15) is 24.1 Å². The number of nitrogens with zero attached hydrogens (tertiary/aromatic N) is 2. The van der Waals surface area contributed by atoms with Crippen LogP contribution in [0.25, 0.3) is 10.9 Å². The molecule has 1 aromatic heterocycles. The number of hydrogen-bond donors (Lipinski definition) is 1. The first kappa shape index (κ1) is 10.3. The highest BCUT2D eigenvalue weighted by Crippen LogP contribution is 2.24. The van der Waals surface area contributed by atoms with E-state index < -0.39 is 0 Å². The average molecular weight is 225 g/mol. The number of nitrogens with two attached hydrogens (primary N) is 1. The molecule has 0 atom stereocenters. The van der Waals surface area contributed by atoms with Crippen molar-refractivity contribution < 1.29 is 0 Å². The smallest absolute Gasteiger partial charge is 0.144 e. The second-order valence-corrected chi connectivity index (χ2v) is 4.59. The van der Waals surface area contributed by atoms with Crippen LogP contribution >= 0.6 is 0 Å². The molecule has 3 rings (SSSR count). The highest BCUT2D eigenvalue weighted by atomic mass is 14.9. The molecular formula is C14H15N3. The Balaban J connectivity index is 2.11.